The van der Waals surface area contributed by atoms with Crippen LogP contribution in [0.4, 0.5) is 5.69 Å². The van der Waals surface area contributed by atoms with Gasteiger partial charge in [0.25, 0.3) is 0 Å². The lowest BCUT2D eigenvalue weighted by molar-refractivity contribution is 0.421. The summed E-state index contributed by atoms with van der Waals surface area (Å²) in [6, 6.07) is 0. The highest BCUT2D eigenvalue weighted by Gasteiger charge is 2.24. The number of hydrogen-bond donors (Lipinski definition) is 2. The van der Waals surface area contributed by atoms with Crippen molar-refractivity contribution in [3.05, 3.63) is 44.9 Å². The number of aromatic nitrogens is 2. The number of pyridine rings is 2. The molecule has 1 aliphatic rings. The molecule has 3 N–H and O–H groups in total. The van der Waals surface area contributed by atoms with E-state index < -0.39 is 0 Å². The Morgan fingerprint density at radius 2 is 2.11 bits per heavy atom. The van der Waals surface area contributed by atoms with Gasteiger partial charge in [0.05, 0.1) is 5.56 Å². The zero-order valence-corrected chi connectivity index (χ0v) is 10.2. The molecule has 3 rings (SSSR count). The summed E-state index contributed by atoms with van der Waals surface area (Å²) in [6.07, 6.45) is 3.78. The number of nitrogens with two attached hydrogens (primary N) is 1. The van der Waals surface area contributed by atoms with Crippen molar-refractivity contribution in [2.45, 2.75) is 20.3 Å². The van der Waals surface area contributed by atoms with Crippen LogP contribution in [0.15, 0.2) is 17.2 Å². The topological polar surface area (TPSA) is 81.0 Å². The van der Waals surface area contributed by atoms with Crippen molar-refractivity contribution in [3.8, 4) is 11.8 Å². The summed E-state index contributed by atoms with van der Waals surface area (Å²) >= 11 is 0. The molecule has 2 aromatic rings. The predicted molar refractivity (Wildman–Crippen MR) is 68.1 cm³/mol. The Kier molecular flexibility index (Phi) is 2.16. The van der Waals surface area contributed by atoms with E-state index in [1.54, 1.807) is 19.3 Å². The minimum Gasteiger partial charge on any atom is -0.422 e. The van der Waals surface area contributed by atoms with Crippen molar-refractivity contribution < 1.29 is 4.74 Å². The summed E-state index contributed by atoms with van der Waals surface area (Å²) < 4.78 is 5.60. The molecule has 0 aromatic carbocycles. The number of hydrogen-bond acceptors (Lipinski definition) is 4. The van der Waals surface area contributed by atoms with Crippen molar-refractivity contribution in [2.24, 2.45) is 0 Å². The Morgan fingerprint density at radius 1 is 1.33 bits per heavy atom. The number of nitrogens with zero attached hydrogens (tertiary/aromatic N) is 1. The molecule has 2 aromatic heterocycles. The average Bonchev–Trinajstić information content (AvgIpc) is 2.37. The predicted octanol–water partition coefficient (Wildman–Crippen LogP) is 1.67. The van der Waals surface area contributed by atoms with Gasteiger partial charge in [0, 0.05) is 35.6 Å². The van der Waals surface area contributed by atoms with E-state index in [4.69, 9.17) is 10.5 Å². The zero-order valence-electron chi connectivity index (χ0n) is 10.2. The number of H-pyrrole nitrogens is 1. The van der Waals surface area contributed by atoms with Gasteiger partial charge in [0.1, 0.15) is 0 Å². The first kappa shape index (κ1) is 10.8. The van der Waals surface area contributed by atoms with Crippen LogP contribution in [-0.2, 0) is 6.42 Å². The highest BCUT2D eigenvalue weighted by molar-refractivity contribution is 5.60. The Hall–Kier alpha value is -2.30. The van der Waals surface area contributed by atoms with Crippen LogP contribution in [0.3, 0.4) is 0 Å². The second-order valence-electron chi connectivity index (χ2n) is 4.53. The molecule has 0 fully saturated rings. The third kappa shape index (κ3) is 1.40. The highest BCUT2D eigenvalue weighted by Crippen LogP contribution is 2.36. The fourth-order valence-electron chi connectivity index (χ4n) is 2.11. The van der Waals surface area contributed by atoms with Gasteiger partial charge in [0.15, 0.2) is 5.43 Å². The first-order chi connectivity index (χ1) is 8.58. The van der Waals surface area contributed by atoms with Gasteiger partial charge in [-0.05, 0) is 19.4 Å². The number of aromatic amines is 1. The van der Waals surface area contributed by atoms with E-state index in [1.807, 2.05) is 6.92 Å². The molecule has 3 heterocycles. The van der Waals surface area contributed by atoms with Gasteiger partial charge >= 0.3 is 0 Å². The van der Waals surface area contributed by atoms with Gasteiger partial charge in [-0.3, -0.25) is 4.79 Å². The monoisotopic (exact) mass is 243 g/mol. The molecular weight excluding hydrogens is 230 g/mol. The van der Waals surface area contributed by atoms with Crippen molar-refractivity contribution in [2.75, 3.05) is 5.73 Å². The summed E-state index contributed by atoms with van der Waals surface area (Å²) in [5, 5.41) is 0. The molecule has 5 nitrogen and oxygen atoms in total. The van der Waals surface area contributed by atoms with Gasteiger partial charge < -0.3 is 15.5 Å². The second-order valence-corrected chi connectivity index (χ2v) is 4.53. The number of anilines is 1. The maximum absolute atomic E-state index is 12.1. The number of nitrogen functional groups attached to an aromatic ring is 1. The van der Waals surface area contributed by atoms with Crippen LogP contribution in [-0.4, -0.2) is 9.97 Å². The SMILES string of the molecule is Cc1cnc2c(c1N)Cc1c([nH]cc(C)c1=O)O2. The molecule has 0 radical (unpaired) electrons. The van der Waals surface area contributed by atoms with Crippen LogP contribution < -0.4 is 15.9 Å². The molecule has 0 saturated heterocycles. The smallest absolute Gasteiger partial charge is 0.226 e. The zero-order chi connectivity index (χ0) is 12.9. The quantitative estimate of drug-likeness (QED) is 0.629. The number of rotatable bonds is 0. The van der Waals surface area contributed by atoms with Crippen molar-refractivity contribution >= 4 is 5.69 Å². The van der Waals surface area contributed by atoms with Crippen LogP contribution in [0.25, 0.3) is 0 Å². The molecule has 0 bridgehead atoms. The molecule has 0 unspecified atom stereocenters. The minimum absolute atomic E-state index is 0.00435. The van der Waals surface area contributed by atoms with Crippen LogP contribution in [0, 0.1) is 13.8 Å². The van der Waals surface area contributed by atoms with Crippen LogP contribution in [0.2, 0.25) is 0 Å². The molecule has 0 saturated carbocycles. The van der Waals surface area contributed by atoms with Crippen LogP contribution in [0.1, 0.15) is 22.3 Å². The lowest BCUT2D eigenvalue weighted by Gasteiger charge is -2.20. The fraction of sp³-hybridized carbons (Fsp3) is 0.231. The summed E-state index contributed by atoms with van der Waals surface area (Å²) in [5.41, 5.74) is 9.62. The van der Waals surface area contributed by atoms with Crippen molar-refractivity contribution in [1.82, 2.24) is 9.97 Å². The third-order valence-electron chi connectivity index (χ3n) is 3.26. The molecule has 0 atom stereocenters. The third-order valence-corrected chi connectivity index (χ3v) is 3.26. The lowest BCUT2D eigenvalue weighted by Crippen LogP contribution is -2.19. The normalized spacial score (nSPS) is 12.6. The van der Waals surface area contributed by atoms with E-state index in [0.717, 1.165) is 11.1 Å². The number of aryl methyl sites for hydroxylation is 2. The highest BCUT2D eigenvalue weighted by atomic mass is 16.5. The fourth-order valence-corrected chi connectivity index (χ4v) is 2.11. The van der Waals surface area contributed by atoms with Gasteiger partial charge in [-0.25, -0.2) is 4.98 Å². The standard InChI is InChI=1S/C13H13N3O2/c1-6-4-15-12-8(10(6)14)3-9-11(17)7(2)5-16-13(9)18-12/h4-5H,3H2,1-2H3,(H2,14,15)(H,16,17). The summed E-state index contributed by atoms with van der Waals surface area (Å²) in [6.45, 7) is 3.66. The van der Waals surface area contributed by atoms with E-state index in [2.05, 4.69) is 9.97 Å². The van der Waals surface area contributed by atoms with E-state index >= 15 is 0 Å². The van der Waals surface area contributed by atoms with E-state index in [0.29, 0.717) is 35.0 Å². The number of nitrogens with one attached hydrogen (secondary N) is 1. The average molecular weight is 243 g/mol. The van der Waals surface area contributed by atoms with Gasteiger partial charge in [-0.1, -0.05) is 0 Å². The summed E-state index contributed by atoms with van der Waals surface area (Å²) in [7, 11) is 0. The molecule has 5 heteroatoms. The van der Waals surface area contributed by atoms with E-state index in [1.165, 1.54) is 0 Å². The Labute approximate surface area is 104 Å². The Bertz CT molecular complexity index is 704. The number of fused-ring (bicyclic) bond motifs is 2. The van der Waals surface area contributed by atoms with Crippen molar-refractivity contribution in [1.29, 1.82) is 0 Å². The van der Waals surface area contributed by atoms with E-state index in [-0.39, 0.29) is 5.43 Å². The molecule has 92 valence electrons. The maximum Gasteiger partial charge on any atom is 0.226 e. The largest absolute Gasteiger partial charge is 0.422 e. The van der Waals surface area contributed by atoms with Crippen molar-refractivity contribution in [3.63, 3.8) is 0 Å². The van der Waals surface area contributed by atoms with Gasteiger partial charge in [0.2, 0.25) is 11.8 Å². The summed E-state index contributed by atoms with van der Waals surface area (Å²) in [4.78, 5) is 19.2. The maximum atomic E-state index is 12.1. The van der Waals surface area contributed by atoms with E-state index in [9.17, 15) is 4.79 Å². The first-order valence-corrected chi connectivity index (χ1v) is 5.71. The molecule has 1 aliphatic heterocycles. The Morgan fingerprint density at radius 3 is 2.89 bits per heavy atom. The van der Waals surface area contributed by atoms with Crippen LogP contribution >= 0.6 is 0 Å². The molecular formula is C13H13N3O2. The van der Waals surface area contributed by atoms with Gasteiger partial charge in [-0.15, -0.1) is 0 Å². The number of ether oxygens (including phenoxy) is 1. The lowest BCUT2D eigenvalue weighted by atomic mass is 10.0. The molecule has 0 amide bonds. The second kappa shape index (κ2) is 3.60. The van der Waals surface area contributed by atoms with Gasteiger partial charge in [-0.2, -0.15) is 0 Å². The summed E-state index contributed by atoms with van der Waals surface area (Å²) in [5.74, 6) is 0.943. The first-order valence-electron chi connectivity index (χ1n) is 5.71. The minimum atomic E-state index is -0.00435. The molecule has 0 aliphatic carbocycles. The Balaban J connectivity index is 2.22. The van der Waals surface area contributed by atoms with Crippen LogP contribution in [0.5, 0.6) is 11.8 Å². The molecule has 0 spiro atoms. The molecule has 18 heavy (non-hydrogen) atoms.